The van der Waals surface area contributed by atoms with Crippen molar-refractivity contribution in [1.29, 1.82) is 0 Å². The highest BCUT2D eigenvalue weighted by Gasteiger charge is 2.28. The van der Waals surface area contributed by atoms with E-state index in [0.717, 1.165) is 10.6 Å². The molecule has 3 rings (SSSR count). The average molecular weight is 350 g/mol. The zero-order valence-corrected chi connectivity index (χ0v) is 14.4. The standard InChI is InChI=1S/C16H18N2O3S2/c1-11-18-14(13-5-3-2-4-6-13)15(22-11)16(19)17-9-12-7-8-23(20,21)10-12/h2-6,12H,7-10H2,1H3,(H,17,19). The predicted octanol–water partition coefficient (Wildman–Crippen LogP) is 2.28. The van der Waals surface area contributed by atoms with E-state index in [0.29, 0.717) is 23.5 Å². The maximum absolute atomic E-state index is 12.5. The number of benzene rings is 1. The summed E-state index contributed by atoms with van der Waals surface area (Å²) in [6.45, 7) is 2.26. The molecule has 1 fully saturated rings. The van der Waals surface area contributed by atoms with Crippen LogP contribution in [0.5, 0.6) is 0 Å². The van der Waals surface area contributed by atoms with Crippen LogP contribution in [-0.4, -0.2) is 37.4 Å². The molecule has 122 valence electrons. The molecule has 1 aliphatic heterocycles. The molecule has 1 N–H and O–H groups in total. The van der Waals surface area contributed by atoms with Crippen molar-refractivity contribution in [2.24, 2.45) is 5.92 Å². The summed E-state index contributed by atoms with van der Waals surface area (Å²) < 4.78 is 23.0. The Morgan fingerprint density at radius 1 is 1.35 bits per heavy atom. The number of carbonyl (C=O) groups excluding carboxylic acids is 1. The third-order valence-corrected chi connectivity index (χ3v) is 6.67. The van der Waals surface area contributed by atoms with E-state index in [4.69, 9.17) is 0 Å². The van der Waals surface area contributed by atoms with Crippen molar-refractivity contribution < 1.29 is 13.2 Å². The SMILES string of the molecule is Cc1nc(-c2ccccc2)c(C(=O)NCC2CCS(=O)(=O)C2)s1. The maximum atomic E-state index is 12.5. The van der Waals surface area contributed by atoms with Crippen LogP contribution in [0.15, 0.2) is 30.3 Å². The number of aryl methyl sites for hydroxylation is 1. The third kappa shape index (κ3) is 3.79. The minimum absolute atomic E-state index is 0.0122. The Labute approximate surface area is 139 Å². The average Bonchev–Trinajstić information content (AvgIpc) is 3.08. The van der Waals surface area contributed by atoms with Crippen molar-refractivity contribution >= 4 is 27.1 Å². The van der Waals surface area contributed by atoms with Crippen LogP contribution in [0.3, 0.4) is 0 Å². The number of nitrogens with zero attached hydrogens (tertiary/aromatic N) is 1. The van der Waals surface area contributed by atoms with Crippen LogP contribution in [0.1, 0.15) is 21.1 Å². The quantitative estimate of drug-likeness (QED) is 0.918. The summed E-state index contributed by atoms with van der Waals surface area (Å²) in [4.78, 5) is 17.5. The fourth-order valence-corrected chi connectivity index (χ4v) is 5.44. The molecule has 1 aromatic heterocycles. The lowest BCUT2D eigenvalue weighted by Crippen LogP contribution is -2.29. The summed E-state index contributed by atoms with van der Waals surface area (Å²) in [5.74, 6) is 0.222. The van der Waals surface area contributed by atoms with E-state index in [-0.39, 0.29) is 23.3 Å². The zero-order valence-electron chi connectivity index (χ0n) is 12.8. The van der Waals surface area contributed by atoms with Crippen LogP contribution < -0.4 is 5.32 Å². The number of carbonyl (C=O) groups is 1. The summed E-state index contributed by atoms with van der Waals surface area (Å²) in [6, 6.07) is 9.59. The number of aromatic nitrogens is 1. The molecular weight excluding hydrogens is 332 g/mol. The van der Waals surface area contributed by atoms with Crippen LogP contribution in [0.2, 0.25) is 0 Å². The molecule has 2 aromatic rings. The summed E-state index contributed by atoms with van der Waals surface area (Å²) in [6.07, 6.45) is 0.621. The highest BCUT2D eigenvalue weighted by Crippen LogP contribution is 2.28. The first-order valence-corrected chi connectivity index (χ1v) is 10.1. The van der Waals surface area contributed by atoms with Gasteiger partial charge < -0.3 is 5.32 Å². The van der Waals surface area contributed by atoms with Gasteiger partial charge >= 0.3 is 0 Å². The van der Waals surface area contributed by atoms with Gasteiger partial charge in [0.1, 0.15) is 4.88 Å². The van der Waals surface area contributed by atoms with Gasteiger partial charge in [0.05, 0.1) is 22.2 Å². The van der Waals surface area contributed by atoms with Crippen molar-refractivity contribution in [1.82, 2.24) is 10.3 Å². The Balaban J connectivity index is 1.73. The van der Waals surface area contributed by atoms with Crippen LogP contribution in [0.4, 0.5) is 0 Å². The number of sulfone groups is 1. The second-order valence-corrected chi connectivity index (χ2v) is 9.19. The molecule has 1 amide bonds. The Morgan fingerprint density at radius 2 is 2.09 bits per heavy atom. The smallest absolute Gasteiger partial charge is 0.263 e. The number of hydrogen-bond donors (Lipinski definition) is 1. The molecule has 5 nitrogen and oxygen atoms in total. The van der Waals surface area contributed by atoms with Crippen LogP contribution in [-0.2, 0) is 9.84 Å². The van der Waals surface area contributed by atoms with E-state index in [9.17, 15) is 13.2 Å². The first-order valence-electron chi connectivity index (χ1n) is 7.46. The largest absolute Gasteiger partial charge is 0.351 e. The van der Waals surface area contributed by atoms with Gasteiger partial charge in [0.15, 0.2) is 9.84 Å². The van der Waals surface area contributed by atoms with Crippen LogP contribution in [0.25, 0.3) is 11.3 Å². The summed E-state index contributed by atoms with van der Waals surface area (Å²) in [5, 5.41) is 3.70. The molecular formula is C16H18N2O3S2. The fourth-order valence-electron chi connectivity index (χ4n) is 2.72. The van der Waals surface area contributed by atoms with E-state index < -0.39 is 9.84 Å². The number of thiazole rings is 1. The fraction of sp³-hybridized carbons (Fsp3) is 0.375. The van der Waals surface area contributed by atoms with Crippen LogP contribution >= 0.6 is 11.3 Å². The van der Waals surface area contributed by atoms with Gasteiger partial charge in [0.2, 0.25) is 0 Å². The molecule has 1 atom stereocenters. The molecule has 1 aliphatic rings. The first-order chi connectivity index (χ1) is 10.9. The lowest BCUT2D eigenvalue weighted by molar-refractivity contribution is 0.0953. The molecule has 1 aromatic carbocycles. The van der Waals surface area contributed by atoms with Crippen molar-refractivity contribution in [3.8, 4) is 11.3 Å². The van der Waals surface area contributed by atoms with Crippen molar-refractivity contribution in [2.45, 2.75) is 13.3 Å². The predicted molar refractivity (Wildman–Crippen MR) is 91.4 cm³/mol. The second-order valence-electron chi connectivity index (χ2n) is 5.76. The molecule has 0 bridgehead atoms. The zero-order chi connectivity index (χ0) is 16.4. The van der Waals surface area contributed by atoms with Crippen molar-refractivity contribution in [3.63, 3.8) is 0 Å². The number of rotatable bonds is 4. The second kappa shape index (κ2) is 6.41. The summed E-state index contributed by atoms with van der Waals surface area (Å²) in [5.41, 5.74) is 1.59. The van der Waals surface area contributed by atoms with E-state index >= 15 is 0 Å². The normalized spacial score (nSPS) is 19.6. The van der Waals surface area contributed by atoms with Gasteiger partial charge in [-0.1, -0.05) is 30.3 Å². The van der Waals surface area contributed by atoms with Gasteiger partial charge in [-0.2, -0.15) is 0 Å². The van der Waals surface area contributed by atoms with E-state index in [1.54, 1.807) is 0 Å². The lowest BCUT2D eigenvalue weighted by atomic mass is 10.1. The van der Waals surface area contributed by atoms with Crippen LogP contribution in [0, 0.1) is 12.8 Å². The summed E-state index contributed by atoms with van der Waals surface area (Å²) >= 11 is 1.36. The van der Waals surface area contributed by atoms with Gasteiger partial charge in [-0.3, -0.25) is 4.79 Å². The molecule has 0 saturated carbocycles. The molecule has 2 heterocycles. The number of amides is 1. The number of nitrogens with one attached hydrogen (secondary N) is 1. The molecule has 1 unspecified atom stereocenters. The highest BCUT2D eigenvalue weighted by molar-refractivity contribution is 7.91. The maximum Gasteiger partial charge on any atom is 0.263 e. The molecule has 0 radical (unpaired) electrons. The lowest BCUT2D eigenvalue weighted by Gasteiger charge is -2.09. The van der Waals surface area contributed by atoms with Gasteiger partial charge in [0.25, 0.3) is 5.91 Å². The van der Waals surface area contributed by atoms with Gasteiger partial charge in [-0.15, -0.1) is 11.3 Å². The van der Waals surface area contributed by atoms with E-state index in [1.165, 1.54) is 11.3 Å². The Morgan fingerprint density at radius 3 is 2.74 bits per heavy atom. The van der Waals surface area contributed by atoms with Gasteiger partial charge in [-0.25, -0.2) is 13.4 Å². The molecule has 0 aliphatic carbocycles. The monoisotopic (exact) mass is 350 g/mol. The topological polar surface area (TPSA) is 76.1 Å². The van der Waals surface area contributed by atoms with Crippen molar-refractivity contribution in [2.75, 3.05) is 18.1 Å². The Kier molecular flexibility index (Phi) is 4.50. The summed E-state index contributed by atoms with van der Waals surface area (Å²) in [7, 11) is -2.92. The van der Waals surface area contributed by atoms with Gasteiger partial charge in [-0.05, 0) is 19.3 Å². The minimum Gasteiger partial charge on any atom is -0.351 e. The third-order valence-electron chi connectivity index (χ3n) is 3.87. The molecule has 7 heteroatoms. The Bertz CT molecular complexity index is 813. The minimum atomic E-state index is -2.92. The number of hydrogen-bond acceptors (Lipinski definition) is 5. The molecule has 0 spiro atoms. The van der Waals surface area contributed by atoms with Crippen molar-refractivity contribution in [3.05, 3.63) is 40.2 Å². The first kappa shape index (κ1) is 16.1. The van der Waals surface area contributed by atoms with E-state index in [2.05, 4.69) is 10.3 Å². The highest BCUT2D eigenvalue weighted by atomic mass is 32.2. The Hall–Kier alpha value is -1.73. The molecule has 23 heavy (non-hydrogen) atoms. The van der Waals surface area contributed by atoms with Gasteiger partial charge in [0, 0.05) is 12.1 Å². The molecule has 1 saturated heterocycles. The van der Waals surface area contributed by atoms with E-state index in [1.807, 2.05) is 37.3 Å².